The second-order valence-electron chi connectivity index (χ2n) is 3.63. The molecule has 0 amide bonds. The first kappa shape index (κ1) is 13.3. The maximum atomic E-state index is 5.84. The lowest BCUT2D eigenvalue weighted by Gasteiger charge is -2.11. The second kappa shape index (κ2) is 6.73. The van der Waals surface area contributed by atoms with Crippen LogP contribution < -0.4 is 16.6 Å². The molecule has 0 fully saturated rings. The molecule has 1 aromatic heterocycles. The Kier molecular flexibility index (Phi) is 5.59. The van der Waals surface area contributed by atoms with Gasteiger partial charge < -0.3 is 5.32 Å². The highest BCUT2D eigenvalue weighted by Crippen LogP contribution is 2.21. The van der Waals surface area contributed by atoms with Crippen LogP contribution in [0.3, 0.4) is 0 Å². The van der Waals surface area contributed by atoms with Crippen molar-refractivity contribution in [2.75, 3.05) is 6.54 Å². The van der Waals surface area contributed by atoms with Crippen LogP contribution in [0.1, 0.15) is 18.7 Å². The molecule has 16 heavy (non-hydrogen) atoms. The summed E-state index contributed by atoms with van der Waals surface area (Å²) >= 11 is 7.42. The lowest BCUT2D eigenvalue weighted by Crippen LogP contribution is -2.44. The van der Waals surface area contributed by atoms with Crippen LogP contribution in [0.5, 0.6) is 0 Å². The van der Waals surface area contributed by atoms with Gasteiger partial charge in [-0.1, -0.05) is 11.6 Å². The standard InChI is InChI=1S/C10H17ClN4S/c1-7(2)14-10(15-12)13-6-5-8-3-4-9(11)16-8/h3-4,7H,5-6,12H2,1-2H3,(H2,13,14,15). The summed E-state index contributed by atoms with van der Waals surface area (Å²) in [6.45, 7) is 4.76. The predicted octanol–water partition coefficient (Wildman–Crippen LogP) is 1.76. The van der Waals surface area contributed by atoms with E-state index in [4.69, 9.17) is 17.4 Å². The van der Waals surface area contributed by atoms with Gasteiger partial charge in [0.15, 0.2) is 0 Å². The van der Waals surface area contributed by atoms with E-state index in [1.165, 1.54) is 4.88 Å². The molecule has 90 valence electrons. The van der Waals surface area contributed by atoms with Gasteiger partial charge in [0, 0.05) is 23.9 Å². The van der Waals surface area contributed by atoms with E-state index < -0.39 is 0 Å². The van der Waals surface area contributed by atoms with E-state index in [-0.39, 0.29) is 0 Å². The Morgan fingerprint density at radius 3 is 2.81 bits per heavy atom. The van der Waals surface area contributed by atoms with E-state index >= 15 is 0 Å². The molecule has 0 saturated carbocycles. The van der Waals surface area contributed by atoms with Gasteiger partial charge in [-0.3, -0.25) is 10.4 Å². The fourth-order valence-corrected chi connectivity index (χ4v) is 2.25. The van der Waals surface area contributed by atoms with Gasteiger partial charge in [-0.05, 0) is 26.0 Å². The summed E-state index contributed by atoms with van der Waals surface area (Å²) in [5.74, 6) is 5.97. The minimum Gasteiger partial charge on any atom is -0.353 e. The lowest BCUT2D eigenvalue weighted by atomic mass is 10.3. The first-order chi connectivity index (χ1) is 7.61. The quantitative estimate of drug-likeness (QED) is 0.335. The number of nitrogens with two attached hydrogens (primary N) is 1. The highest BCUT2D eigenvalue weighted by Gasteiger charge is 2.00. The minimum absolute atomic E-state index is 0.311. The summed E-state index contributed by atoms with van der Waals surface area (Å²) in [6.07, 6.45) is 0.877. The highest BCUT2D eigenvalue weighted by molar-refractivity contribution is 7.16. The molecule has 0 radical (unpaired) electrons. The third kappa shape index (κ3) is 4.83. The number of nitrogens with zero attached hydrogens (tertiary/aromatic N) is 1. The van der Waals surface area contributed by atoms with E-state index in [0.717, 1.165) is 10.8 Å². The maximum Gasteiger partial charge on any atom is 0.205 e. The molecule has 1 heterocycles. The number of rotatable bonds is 4. The number of thiophene rings is 1. The Morgan fingerprint density at radius 2 is 2.31 bits per heavy atom. The summed E-state index contributed by atoms with van der Waals surface area (Å²) in [5.41, 5.74) is 2.54. The molecular weight excluding hydrogens is 244 g/mol. The van der Waals surface area contributed by atoms with Crippen LogP contribution >= 0.6 is 22.9 Å². The van der Waals surface area contributed by atoms with E-state index in [2.05, 4.69) is 15.7 Å². The number of guanidine groups is 1. The number of hydrogen-bond donors (Lipinski definition) is 3. The van der Waals surface area contributed by atoms with E-state index in [0.29, 0.717) is 18.5 Å². The van der Waals surface area contributed by atoms with Crippen molar-refractivity contribution < 1.29 is 0 Å². The van der Waals surface area contributed by atoms with Crippen molar-refractivity contribution in [1.82, 2.24) is 10.7 Å². The van der Waals surface area contributed by atoms with Gasteiger partial charge in [0.05, 0.1) is 4.34 Å². The van der Waals surface area contributed by atoms with Gasteiger partial charge in [0.25, 0.3) is 0 Å². The first-order valence-corrected chi connectivity index (χ1v) is 6.33. The molecule has 1 rings (SSSR count). The second-order valence-corrected chi connectivity index (χ2v) is 5.43. The lowest BCUT2D eigenvalue weighted by molar-refractivity contribution is 0.702. The molecule has 0 saturated heterocycles. The maximum absolute atomic E-state index is 5.84. The average molecular weight is 261 g/mol. The fraction of sp³-hybridized carbons (Fsp3) is 0.500. The van der Waals surface area contributed by atoms with Crippen molar-refractivity contribution in [2.24, 2.45) is 10.8 Å². The first-order valence-electron chi connectivity index (χ1n) is 5.13. The van der Waals surface area contributed by atoms with Gasteiger partial charge >= 0.3 is 0 Å². The topological polar surface area (TPSA) is 62.4 Å². The zero-order chi connectivity index (χ0) is 12.0. The van der Waals surface area contributed by atoms with Crippen LogP contribution in [0, 0.1) is 0 Å². The zero-order valence-corrected chi connectivity index (χ0v) is 11.0. The van der Waals surface area contributed by atoms with Gasteiger partial charge in [0.1, 0.15) is 0 Å². The van der Waals surface area contributed by atoms with Crippen molar-refractivity contribution >= 4 is 28.9 Å². The van der Waals surface area contributed by atoms with Crippen LogP contribution in [0.4, 0.5) is 0 Å². The molecule has 4 N–H and O–H groups in total. The summed E-state index contributed by atoms with van der Waals surface area (Å²) in [5, 5.41) is 3.11. The van der Waals surface area contributed by atoms with Gasteiger partial charge in [0.2, 0.25) is 5.96 Å². The third-order valence-corrected chi connectivity index (χ3v) is 3.11. The molecule has 0 aliphatic carbocycles. The number of nitrogens with one attached hydrogen (secondary N) is 2. The SMILES string of the molecule is CC(C)NC(=NCCc1ccc(Cl)s1)NN. The molecule has 1 aromatic rings. The van der Waals surface area contributed by atoms with Crippen LogP contribution in [0.15, 0.2) is 17.1 Å². The van der Waals surface area contributed by atoms with Crippen LogP contribution in [0.25, 0.3) is 0 Å². The molecule has 0 aliphatic heterocycles. The fourth-order valence-electron chi connectivity index (χ4n) is 1.17. The monoisotopic (exact) mass is 260 g/mol. The van der Waals surface area contributed by atoms with Crippen LogP contribution in [-0.4, -0.2) is 18.5 Å². The number of aliphatic imine (C=N–C) groups is 1. The molecule has 0 spiro atoms. The van der Waals surface area contributed by atoms with Gasteiger partial charge in [-0.15, -0.1) is 11.3 Å². The molecular formula is C10H17ClN4S. The normalized spacial score (nSPS) is 11.9. The Morgan fingerprint density at radius 1 is 1.56 bits per heavy atom. The summed E-state index contributed by atoms with van der Waals surface area (Å²) in [6, 6.07) is 4.24. The molecule has 6 heteroatoms. The van der Waals surface area contributed by atoms with Crippen molar-refractivity contribution in [3.63, 3.8) is 0 Å². The van der Waals surface area contributed by atoms with Crippen molar-refractivity contribution in [2.45, 2.75) is 26.3 Å². The number of halogens is 1. The van der Waals surface area contributed by atoms with Crippen LogP contribution in [0.2, 0.25) is 4.34 Å². The minimum atomic E-state index is 0.311. The zero-order valence-electron chi connectivity index (χ0n) is 9.46. The van der Waals surface area contributed by atoms with Crippen molar-refractivity contribution in [3.8, 4) is 0 Å². The van der Waals surface area contributed by atoms with E-state index in [9.17, 15) is 0 Å². The Labute approximate surface area is 105 Å². The smallest absolute Gasteiger partial charge is 0.205 e. The molecule has 0 aromatic carbocycles. The van der Waals surface area contributed by atoms with E-state index in [1.807, 2.05) is 26.0 Å². The third-order valence-electron chi connectivity index (χ3n) is 1.82. The summed E-state index contributed by atoms with van der Waals surface area (Å²) in [7, 11) is 0. The molecule has 4 nitrogen and oxygen atoms in total. The molecule has 0 aliphatic rings. The van der Waals surface area contributed by atoms with E-state index in [1.54, 1.807) is 11.3 Å². The highest BCUT2D eigenvalue weighted by atomic mass is 35.5. The molecule has 0 atom stereocenters. The Bertz CT molecular complexity index is 348. The largest absolute Gasteiger partial charge is 0.353 e. The summed E-state index contributed by atoms with van der Waals surface area (Å²) in [4.78, 5) is 5.55. The van der Waals surface area contributed by atoms with Crippen molar-refractivity contribution in [1.29, 1.82) is 0 Å². The van der Waals surface area contributed by atoms with Crippen LogP contribution in [-0.2, 0) is 6.42 Å². The van der Waals surface area contributed by atoms with Crippen molar-refractivity contribution in [3.05, 3.63) is 21.3 Å². The predicted molar refractivity (Wildman–Crippen MR) is 70.9 cm³/mol. The number of hydrazine groups is 1. The average Bonchev–Trinajstić information content (AvgIpc) is 2.62. The Hall–Kier alpha value is -0.780. The Balaban J connectivity index is 2.39. The molecule has 0 unspecified atom stereocenters. The molecule has 0 bridgehead atoms. The van der Waals surface area contributed by atoms with Gasteiger partial charge in [-0.25, -0.2) is 5.84 Å². The number of hydrogen-bond acceptors (Lipinski definition) is 3. The summed E-state index contributed by atoms with van der Waals surface area (Å²) < 4.78 is 0.816. The van der Waals surface area contributed by atoms with Gasteiger partial charge in [-0.2, -0.15) is 0 Å².